The van der Waals surface area contributed by atoms with E-state index in [0.717, 1.165) is 16.4 Å². The van der Waals surface area contributed by atoms with E-state index in [0.29, 0.717) is 27.5 Å². The average molecular weight is 340 g/mol. The number of hydrogen-bond donors (Lipinski definition) is 1. The number of halogens is 1. The van der Waals surface area contributed by atoms with Crippen LogP contribution in [0, 0.1) is 5.82 Å². The molecule has 2 aromatic heterocycles. The Kier molecular flexibility index (Phi) is 3.12. The van der Waals surface area contributed by atoms with Gasteiger partial charge >= 0.3 is 0 Å². The van der Waals surface area contributed by atoms with Gasteiger partial charge in [-0.15, -0.1) is 0 Å². The number of nitrogens with one attached hydrogen (secondary N) is 1. The van der Waals surface area contributed by atoms with E-state index >= 15 is 0 Å². The molecule has 0 bridgehead atoms. The van der Waals surface area contributed by atoms with Crippen LogP contribution < -0.4 is 5.43 Å². The standard InChI is InChI=1S/C22H13FN2O/c23-14-11-9-13(10-12-14)19-21-20(15-5-1-3-7-17(15)25-21)24-18-8-4-2-6-16(18)22(19)26/h1-12,25H. The number of aromatic amines is 1. The highest BCUT2D eigenvalue weighted by atomic mass is 19.1. The van der Waals surface area contributed by atoms with Crippen LogP contribution in [-0.2, 0) is 0 Å². The summed E-state index contributed by atoms with van der Waals surface area (Å²) in [4.78, 5) is 21.5. The molecule has 5 aromatic rings. The van der Waals surface area contributed by atoms with Crippen LogP contribution in [0.25, 0.3) is 44.0 Å². The van der Waals surface area contributed by atoms with E-state index < -0.39 is 0 Å². The summed E-state index contributed by atoms with van der Waals surface area (Å²) in [6.45, 7) is 0. The molecule has 2 heterocycles. The van der Waals surface area contributed by atoms with Gasteiger partial charge in [0.15, 0.2) is 5.43 Å². The third-order valence-electron chi connectivity index (χ3n) is 4.67. The molecule has 0 radical (unpaired) electrons. The minimum Gasteiger partial charge on any atom is -0.353 e. The fourth-order valence-corrected chi connectivity index (χ4v) is 3.45. The van der Waals surface area contributed by atoms with Gasteiger partial charge in [0, 0.05) is 16.3 Å². The third kappa shape index (κ3) is 2.12. The van der Waals surface area contributed by atoms with E-state index in [1.807, 2.05) is 42.5 Å². The first-order valence-electron chi connectivity index (χ1n) is 8.32. The Balaban J connectivity index is 2.08. The SMILES string of the molecule is O=c1c(-c2ccc(F)cc2)c2[nH]c3ccccc3c2nc2ccccc12. The van der Waals surface area contributed by atoms with Crippen molar-refractivity contribution in [3.8, 4) is 11.1 Å². The van der Waals surface area contributed by atoms with Crippen molar-refractivity contribution < 1.29 is 4.39 Å². The number of benzene rings is 3. The van der Waals surface area contributed by atoms with E-state index in [2.05, 4.69) is 4.98 Å². The maximum absolute atomic E-state index is 13.4. The number of para-hydroxylation sites is 2. The van der Waals surface area contributed by atoms with Gasteiger partial charge in [-0.1, -0.05) is 42.5 Å². The summed E-state index contributed by atoms with van der Waals surface area (Å²) in [6.07, 6.45) is 0. The van der Waals surface area contributed by atoms with Crippen molar-refractivity contribution in [3.05, 3.63) is 88.8 Å². The monoisotopic (exact) mass is 340 g/mol. The summed E-state index contributed by atoms with van der Waals surface area (Å²) in [7, 11) is 0. The van der Waals surface area contributed by atoms with Crippen molar-refractivity contribution in [2.75, 3.05) is 0 Å². The lowest BCUT2D eigenvalue weighted by Crippen LogP contribution is -2.02. The van der Waals surface area contributed by atoms with Crippen LogP contribution in [0.5, 0.6) is 0 Å². The van der Waals surface area contributed by atoms with Crippen LogP contribution in [0.4, 0.5) is 4.39 Å². The van der Waals surface area contributed by atoms with Crippen molar-refractivity contribution in [2.24, 2.45) is 0 Å². The van der Waals surface area contributed by atoms with Gasteiger partial charge in [-0.2, -0.15) is 0 Å². The molecular formula is C22H13FN2O. The van der Waals surface area contributed by atoms with Gasteiger partial charge in [0.05, 0.1) is 22.1 Å². The number of hydrogen-bond acceptors (Lipinski definition) is 2. The summed E-state index contributed by atoms with van der Waals surface area (Å²) in [5.41, 5.74) is 3.99. The molecule has 0 aliphatic heterocycles. The van der Waals surface area contributed by atoms with Gasteiger partial charge in [-0.3, -0.25) is 4.79 Å². The lowest BCUT2D eigenvalue weighted by Gasteiger charge is -2.00. The molecule has 5 rings (SSSR count). The van der Waals surface area contributed by atoms with E-state index in [1.165, 1.54) is 12.1 Å². The van der Waals surface area contributed by atoms with Crippen LogP contribution in [0.2, 0.25) is 0 Å². The molecule has 0 fully saturated rings. The van der Waals surface area contributed by atoms with Gasteiger partial charge < -0.3 is 4.98 Å². The second kappa shape index (κ2) is 5.49. The maximum atomic E-state index is 13.4. The molecule has 0 unspecified atom stereocenters. The molecule has 1 N–H and O–H groups in total. The van der Waals surface area contributed by atoms with Gasteiger partial charge in [0.1, 0.15) is 5.82 Å². The van der Waals surface area contributed by atoms with Gasteiger partial charge in [-0.25, -0.2) is 9.37 Å². The number of nitrogens with zero attached hydrogens (tertiary/aromatic N) is 1. The Morgan fingerprint density at radius 2 is 1.50 bits per heavy atom. The van der Waals surface area contributed by atoms with Crippen molar-refractivity contribution in [1.82, 2.24) is 9.97 Å². The number of fused-ring (bicyclic) bond motifs is 4. The third-order valence-corrected chi connectivity index (χ3v) is 4.67. The topological polar surface area (TPSA) is 45.8 Å². The zero-order chi connectivity index (χ0) is 17.7. The predicted octanol–water partition coefficient (Wildman–Crippen LogP) is 5.04. The Hall–Kier alpha value is -3.53. The molecule has 3 nitrogen and oxygen atoms in total. The Morgan fingerprint density at radius 1 is 0.808 bits per heavy atom. The molecular weight excluding hydrogens is 327 g/mol. The molecule has 0 saturated heterocycles. The van der Waals surface area contributed by atoms with Crippen LogP contribution in [0.1, 0.15) is 0 Å². The summed E-state index contributed by atoms with van der Waals surface area (Å²) in [5.74, 6) is -0.336. The van der Waals surface area contributed by atoms with E-state index in [1.54, 1.807) is 18.2 Å². The zero-order valence-corrected chi connectivity index (χ0v) is 13.7. The highest BCUT2D eigenvalue weighted by molar-refractivity contribution is 6.11. The molecule has 0 aliphatic rings. The Bertz CT molecular complexity index is 1350. The van der Waals surface area contributed by atoms with E-state index in [9.17, 15) is 9.18 Å². The average Bonchev–Trinajstić information content (AvgIpc) is 2.96. The molecule has 3 aromatic carbocycles. The lowest BCUT2D eigenvalue weighted by molar-refractivity contribution is 0.628. The fraction of sp³-hybridized carbons (Fsp3) is 0. The van der Waals surface area contributed by atoms with Gasteiger partial charge in [-0.05, 0) is 35.9 Å². The van der Waals surface area contributed by atoms with Crippen molar-refractivity contribution in [3.63, 3.8) is 0 Å². The van der Waals surface area contributed by atoms with Crippen molar-refractivity contribution in [2.45, 2.75) is 0 Å². The summed E-state index contributed by atoms with van der Waals surface area (Å²) < 4.78 is 13.4. The minimum absolute atomic E-state index is 0.124. The largest absolute Gasteiger partial charge is 0.353 e. The van der Waals surface area contributed by atoms with Crippen LogP contribution in [-0.4, -0.2) is 9.97 Å². The van der Waals surface area contributed by atoms with E-state index in [-0.39, 0.29) is 11.2 Å². The first-order valence-corrected chi connectivity index (χ1v) is 8.32. The quantitative estimate of drug-likeness (QED) is 0.465. The Morgan fingerprint density at radius 3 is 2.31 bits per heavy atom. The predicted molar refractivity (Wildman–Crippen MR) is 103 cm³/mol. The molecule has 0 atom stereocenters. The molecule has 0 spiro atoms. The molecule has 124 valence electrons. The van der Waals surface area contributed by atoms with Crippen molar-refractivity contribution >= 4 is 32.8 Å². The molecule has 4 heteroatoms. The number of aromatic nitrogens is 2. The van der Waals surface area contributed by atoms with Gasteiger partial charge in [0.25, 0.3) is 0 Å². The van der Waals surface area contributed by atoms with Crippen molar-refractivity contribution in [1.29, 1.82) is 0 Å². The lowest BCUT2D eigenvalue weighted by atomic mass is 10.0. The first-order chi connectivity index (χ1) is 12.7. The molecule has 26 heavy (non-hydrogen) atoms. The second-order valence-corrected chi connectivity index (χ2v) is 6.23. The first kappa shape index (κ1) is 14.8. The summed E-state index contributed by atoms with van der Waals surface area (Å²) in [5, 5.41) is 1.49. The molecule has 0 amide bonds. The highest BCUT2D eigenvalue weighted by Crippen LogP contribution is 2.30. The number of rotatable bonds is 1. The summed E-state index contributed by atoms with van der Waals surface area (Å²) in [6, 6.07) is 21.1. The normalized spacial score (nSPS) is 11.4. The fourth-order valence-electron chi connectivity index (χ4n) is 3.45. The van der Waals surface area contributed by atoms with Crippen LogP contribution in [0.3, 0.4) is 0 Å². The minimum atomic E-state index is -0.336. The Labute approximate surface area is 147 Å². The number of H-pyrrole nitrogens is 1. The van der Waals surface area contributed by atoms with Crippen LogP contribution in [0.15, 0.2) is 77.6 Å². The maximum Gasteiger partial charge on any atom is 0.197 e. The second-order valence-electron chi connectivity index (χ2n) is 6.23. The van der Waals surface area contributed by atoms with Crippen LogP contribution >= 0.6 is 0 Å². The van der Waals surface area contributed by atoms with Gasteiger partial charge in [0.2, 0.25) is 0 Å². The molecule has 0 aliphatic carbocycles. The summed E-state index contributed by atoms with van der Waals surface area (Å²) >= 11 is 0. The van der Waals surface area contributed by atoms with E-state index in [4.69, 9.17) is 4.98 Å². The zero-order valence-electron chi connectivity index (χ0n) is 13.7. The molecule has 0 saturated carbocycles. The smallest absolute Gasteiger partial charge is 0.197 e. The highest BCUT2D eigenvalue weighted by Gasteiger charge is 2.15.